The van der Waals surface area contributed by atoms with E-state index in [0.29, 0.717) is 17.5 Å². The molecular formula is C63H96N16O21S. The summed E-state index contributed by atoms with van der Waals surface area (Å²) in [6.07, 6.45) is -3.53. The highest BCUT2D eigenvalue weighted by atomic mass is 32.2. The van der Waals surface area contributed by atoms with Crippen LogP contribution in [-0.2, 0) is 84.8 Å². The van der Waals surface area contributed by atoms with Crippen molar-refractivity contribution in [2.75, 3.05) is 44.9 Å². The van der Waals surface area contributed by atoms with Crippen LogP contribution in [0.2, 0.25) is 0 Å². The van der Waals surface area contributed by atoms with Gasteiger partial charge in [0.2, 0.25) is 82.7 Å². The molecule has 0 aromatic heterocycles. The number of carbonyl (C=O) groups is 15. The summed E-state index contributed by atoms with van der Waals surface area (Å²) in [6, 6.07) is -4.83. The van der Waals surface area contributed by atoms with Crippen LogP contribution in [0.15, 0.2) is 54.6 Å². The van der Waals surface area contributed by atoms with E-state index in [4.69, 9.17) is 22.9 Å². The zero-order valence-electron chi connectivity index (χ0n) is 56.5. The Bertz CT molecular complexity index is 3170. The Balaban J connectivity index is 1.78. The number of phenolic OH excluding ortho intramolecular Hbond substituents is 1. The molecule has 14 amide bonds. The largest absolute Gasteiger partial charge is 0.508 e. The number of unbranched alkanes of at least 4 members (excludes halogenated alkanes) is 1. The number of nitrogens with one attached hydrogen (secondary N) is 11. The Labute approximate surface area is 586 Å². The van der Waals surface area contributed by atoms with Gasteiger partial charge in [-0.1, -0.05) is 42.5 Å². The number of aliphatic hydroxyl groups excluding tert-OH is 4. The van der Waals surface area contributed by atoms with Gasteiger partial charge in [0, 0.05) is 25.8 Å². The van der Waals surface area contributed by atoms with Gasteiger partial charge in [-0.05, 0) is 120 Å². The smallest absolute Gasteiger partial charge is 0.326 e. The molecule has 1 aliphatic heterocycles. The summed E-state index contributed by atoms with van der Waals surface area (Å²) in [5.41, 5.74) is 23.6. The van der Waals surface area contributed by atoms with Gasteiger partial charge in [0.25, 0.3) is 0 Å². The number of carbonyl (C=O) groups excluding carboxylic acids is 14. The van der Waals surface area contributed by atoms with Gasteiger partial charge in [-0.25, -0.2) is 4.79 Å². The Hall–Kier alpha value is -9.60. The third-order valence-electron chi connectivity index (χ3n) is 15.8. The summed E-state index contributed by atoms with van der Waals surface area (Å²) in [5.74, 6) is -15.6. The fraction of sp³-hybridized carbons (Fsp3) is 0.571. The molecule has 0 spiro atoms. The minimum absolute atomic E-state index is 0.0135. The lowest BCUT2D eigenvalue weighted by atomic mass is 10.0. The summed E-state index contributed by atoms with van der Waals surface area (Å²) >= 11 is 1.26. The number of likely N-dealkylation sites (tertiary alicyclic amines) is 1. The van der Waals surface area contributed by atoms with Crippen molar-refractivity contribution in [3.8, 4) is 5.75 Å². The molecule has 0 saturated carbocycles. The van der Waals surface area contributed by atoms with Gasteiger partial charge in [-0.3, -0.25) is 67.1 Å². The molecule has 0 radical (unpaired) electrons. The molecular weight excluding hydrogens is 1350 g/mol. The molecule has 101 heavy (non-hydrogen) atoms. The lowest BCUT2D eigenvalue weighted by Gasteiger charge is -2.30. The zero-order chi connectivity index (χ0) is 75.6. The molecule has 0 bridgehead atoms. The monoisotopic (exact) mass is 1440 g/mol. The number of amides is 14. The number of aliphatic hydroxyl groups is 4. The number of rotatable bonds is 45. The first-order valence-corrected chi connectivity index (χ1v) is 33.9. The molecule has 3 rings (SSSR count). The Morgan fingerprint density at radius 1 is 0.535 bits per heavy atom. The second-order valence-corrected chi connectivity index (χ2v) is 25.0. The number of carboxylic acid groups (broad SMARTS) is 1. The van der Waals surface area contributed by atoms with E-state index in [1.54, 1.807) is 48.7 Å². The number of thioether (sulfide) groups is 1. The fourth-order valence-corrected chi connectivity index (χ4v) is 10.6. The van der Waals surface area contributed by atoms with Crippen LogP contribution in [0, 0.1) is 0 Å². The summed E-state index contributed by atoms with van der Waals surface area (Å²) in [5, 5.41) is 87.3. The summed E-state index contributed by atoms with van der Waals surface area (Å²) in [7, 11) is 0. The fourth-order valence-electron chi connectivity index (χ4n) is 10.1. The van der Waals surface area contributed by atoms with Gasteiger partial charge < -0.3 is 117 Å². The van der Waals surface area contributed by atoms with E-state index in [1.807, 2.05) is 0 Å². The highest BCUT2D eigenvalue weighted by molar-refractivity contribution is 7.98. The minimum Gasteiger partial charge on any atom is -0.508 e. The van der Waals surface area contributed by atoms with Crippen LogP contribution in [-0.4, -0.2) is 254 Å². The van der Waals surface area contributed by atoms with E-state index >= 15 is 0 Å². The van der Waals surface area contributed by atoms with Crippen LogP contribution in [0.4, 0.5) is 0 Å². The molecule has 0 aliphatic carbocycles. The van der Waals surface area contributed by atoms with Crippen LogP contribution >= 0.6 is 11.8 Å². The number of nitrogens with two attached hydrogens (primary N) is 4. The first kappa shape index (κ1) is 85.6. The number of phenols is 1. The zero-order valence-corrected chi connectivity index (χ0v) is 57.3. The van der Waals surface area contributed by atoms with Crippen molar-refractivity contribution in [3.63, 3.8) is 0 Å². The van der Waals surface area contributed by atoms with Gasteiger partial charge in [-0.15, -0.1) is 0 Å². The third kappa shape index (κ3) is 29.6. The Kier molecular flexibility index (Phi) is 37.2. The topological polar surface area (TPSA) is 617 Å². The van der Waals surface area contributed by atoms with Crippen molar-refractivity contribution in [1.29, 1.82) is 0 Å². The van der Waals surface area contributed by atoms with Crippen molar-refractivity contribution < 1.29 is 103 Å². The summed E-state index contributed by atoms with van der Waals surface area (Å²) in [4.78, 5) is 201. The van der Waals surface area contributed by atoms with Crippen LogP contribution in [0.3, 0.4) is 0 Å². The molecule has 1 saturated heterocycles. The highest BCUT2D eigenvalue weighted by Crippen LogP contribution is 2.20. The van der Waals surface area contributed by atoms with E-state index in [9.17, 15) is 103 Å². The molecule has 1 heterocycles. The normalized spacial score (nSPS) is 16.5. The number of aliphatic carboxylic acids is 1. The number of hydrogen-bond acceptors (Lipinski definition) is 23. The SMILES string of the molecule is CSCC[C@H](NC(=O)[C@H](Cc1ccccc1)NC(=O)CNC(=O)[C@@H](C)NC(=O)[C@@H](N)Cc1ccc(O)cc1)C(=O)N[C@H](C(=O)N[C@@H](CO)C(=O)N[C@@H](CCC(N)=O)C(=O)N[C@@H](CCCCN)C(=O)N[C@@H](CO)C(=O)N[C@@H](CCC(N)=O)C(=O)N[C@H](C(=O)N1CCC[C@H]1C(=O)O)[C@@H](C)O)[C@@H](C)O. The number of carboxylic acids is 1. The molecule has 1 fully saturated rings. The molecule has 560 valence electrons. The van der Waals surface area contributed by atoms with Crippen LogP contribution in [0.25, 0.3) is 0 Å². The van der Waals surface area contributed by atoms with E-state index in [0.717, 1.165) is 18.7 Å². The standard InChI is InChI=1S/C63H96N16O21S/c1-32(69-53(89)38(65)27-36-15-17-37(84)18-16-36)52(88)68-29-49(87)70-43(28-35-11-6-5-7-12-35)58(94)74-42(23-26-101-4)57(93)77-50(33(2)82)61(97)76-45(31-81)60(96)72-40(19-21-47(66)85)55(91)71-39(13-8-9-24-64)54(90)75-44(30-80)59(95)73-41(20-22-48(67)86)56(92)78-51(34(3)83)62(98)79-25-10-14-46(79)63(99)100/h5-7,11-12,15-18,32-34,38-46,50-51,80-84H,8-10,13-14,19-31,64-65H2,1-4H3,(H2,66,85)(H2,67,86)(H,68,88)(H,69,89)(H,70,87)(H,71,91)(H,72,96)(H,73,95)(H,74,94)(H,75,90)(H,76,97)(H,77,93)(H,78,92)(H,99,100)/t32-,33-,34-,38+,39+,40+,41+,42+,43+,44+,45+,46+,50+,51+/m1/s1. The number of aromatic hydroxyl groups is 1. The summed E-state index contributed by atoms with van der Waals surface area (Å²) < 4.78 is 0. The average Bonchev–Trinajstić information content (AvgIpc) is 1.77. The van der Waals surface area contributed by atoms with Crippen molar-refractivity contribution in [2.24, 2.45) is 22.9 Å². The van der Waals surface area contributed by atoms with Gasteiger partial charge in [0.1, 0.15) is 72.2 Å². The van der Waals surface area contributed by atoms with Gasteiger partial charge >= 0.3 is 5.97 Å². The van der Waals surface area contributed by atoms with E-state index in [2.05, 4.69) is 58.5 Å². The first-order valence-electron chi connectivity index (χ1n) is 32.5. The minimum atomic E-state index is -1.99. The Morgan fingerprint density at radius 2 is 0.990 bits per heavy atom. The average molecular weight is 1450 g/mol. The first-order chi connectivity index (χ1) is 47.7. The van der Waals surface area contributed by atoms with Gasteiger partial charge in [0.15, 0.2) is 0 Å². The molecule has 1 aliphatic rings. The van der Waals surface area contributed by atoms with Crippen molar-refractivity contribution >= 4 is 100 Å². The van der Waals surface area contributed by atoms with Crippen molar-refractivity contribution in [3.05, 3.63) is 65.7 Å². The van der Waals surface area contributed by atoms with E-state index in [1.165, 1.54) is 30.8 Å². The van der Waals surface area contributed by atoms with Crippen LogP contribution in [0.5, 0.6) is 5.75 Å². The van der Waals surface area contributed by atoms with Crippen LogP contribution in [0.1, 0.15) is 96.1 Å². The molecule has 38 heteroatoms. The maximum Gasteiger partial charge on any atom is 0.326 e. The lowest BCUT2D eigenvalue weighted by molar-refractivity contribution is -0.150. The number of primary amides is 2. The van der Waals surface area contributed by atoms with E-state index < -0.39 is 219 Å². The molecule has 2 aromatic carbocycles. The molecule has 37 nitrogen and oxygen atoms in total. The Morgan fingerprint density at radius 3 is 1.48 bits per heavy atom. The van der Waals surface area contributed by atoms with Crippen molar-refractivity contribution in [1.82, 2.24) is 63.4 Å². The predicted octanol–water partition coefficient (Wildman–Crippen LogP) is -8.28. The third-order valence-corrected chi connectivity index (χ3v) is 16.5. The number of hydrogen-bond donors (Lipinski definition) is 21. The van der Waals surface area contributed by atoms with Crippen LogP contribution < -0.4 is 81.4 Å². The molecule has 2 aromatic rings. The second kappa shape index (κ2) is 43.8. The molecule has 25 N–H and O–H groups in total. The maximum atomic E-state index is 14.2. The van der Waals surface area contributed by atoms with Crippen molar-refractivity contribution in [2.45, 2.75) is 183 Å². The highest BCUT2D eigenvalue weighted by Gasteiger charge is 2.41. The van der Waals surface area contributed by atoms with Gasteiger partial charge in [0.05, 0.1) is 38.0 Å². The number of nitrogens with zero attached hydrogens (tertiary/aromatic N) is 1. The maximum absolute atomic E-state index is 14.2. The molecule has 0 unspecified atom stereocenters. The predicted molar refractivity (Wildman–Crippen MR) is 361 cm³/mol. The summed E-state index contributed by atoms with van der Waals surface area (Å²) in [6.45, 7) is 0.592. The van der Waals surface area contributed by atoms with E-state index in [-0.39, 0.29) is 69.5 Å². The number of benzene rings is 2. The van der Waals surface area contributed by atoms with Gasteiger partial charge in [-0.2, -0.15) is 11.8 Å². The second-order valence-electron chi connectivity index (χ2n) is 24.0. The molecule has 14 atom stereocenters. The quantitative estimate of drug-likeness (QED) is 0.0274. The lowest BCUT2D eigenvalue weighted by Crippen LogP contribution is -2.62.